The van der Waals surface area contributed by atoms with E-state index in [-0.39, 0.29) is 23.4 Å². The fourth-order valence-electron chi connectivity index (χ4n) is 3.99. The molecule has 0 unspecified atom stereocenters. The maximum Gasteiger partial charge on any atom is 0.141 e. The average molecular weight is 429 g/mol. The van der Waals surface area contributed by atoms with Crippen LogP contribution in [0.3, 0.4) is 0 Å². The van der Waals surface area contributed by atoms with E-state index in [4.69, 9.17) is 11.1 Å². The van der Waals surface area contributed by atoms with Crippen molar-refractivity contribution in [1.82, 2.24) is 14.9 Å². The van der Waals surface area contributed by atoms with E-state index in [1.54, 1.807) is 6.07 Å². The average Bonchev–Trinajstić information content (AvgIpc) is 2.77. The Balaban J connectivity index is 1.68. The van der Waals surface area contributed by atoms with Gasteiger partial charge in [-0.15, -0.1) is 0 Å². The molecule has 7 heteroatoms. The zero-order chi connectivity index (χ0) is 22.8. The van der Waals surface area contributed by atoms with E-state index in [1.807, 2.05) is 61.2 Å². The summed E-state index contributed by atoms with van der Waals surface area (Å²) in [5.74, 6) is 0.404. The summed E-state index contributed by atoms with van der Waals surface area (Å²) < 4.78 is 14.5. The van der Waals surface area contributed by atoms with Gasteiger partial charge in [-0.3, -0.25) is 5.41 Å². The van der Waals surface area contributed by atoms with Crippen LogP contribution in [0.5, 0.6) is 0 Å². The summed E-state index contributed by atoms with van der Waals surface area (Å²) in [4.78, 5) is 10.4. The van der Waals surface area contributed by atoms with E-state index < -0.39 is 0 Å². The van der Waals surface area contributed by atoms with Gasteiger partial charge in [0.25, 0.3) is 0 Å². The Labute approximate surface area is 186 Å². The molecule has 0 saturated carbocycles. The fraction of sp³-hybridized carbons (Fsp3) is 0.160. The van der Waals surface area contributed by atoms with Crippen LogP contribution in [0.2, 0.25) is 0 Å². The van der Waals surface area contributed by atoms with Crippen LogP contribution in [0.1, 0.15) is 36.1 Å². The number of hydrogen-bond donors (Lipinski definition) is 3. The number of aromatic nitrogens is 2. The molecule has 2 aromatic carbocycles. The first-order chi connectivity index (χ1) is 15.4. The Morgan fingerprint density at radius 2 is 1.91 bits per heavy atom. The predicted octanol–water partition coefficient (Wildman–Crippen LogP) is 4.76. The number of benzene rings is 2. The highest BCUT2D eigenvalue weighted by atomic mass is 19.1. The standard InChI is InChI=1S/C25H25FN6/c1-15(2)32-16(3)21-18(10-7-11-20(21)26)12-19(32)13-29-25-22(24(28)30-14-31-25)23(27)17-8-5-4-6-9-17/h4-12,14-15,27H,3,13H2,1-2H3,(H3,28,29,30,31). The van der Waals surface area contributed by atoms with E-state index in [2.05, 4.69) is 21.9 Å². The second-order valence-corrected chi connectivity index (χ2v) is 7.83. The van der Waals surface area contributed by atoms with Crippen molar-refractivity contribution >= 4 is 29.1 Å². The Morgan fingerprint density at radius 1 is 1.16 bits per heavy atom. The summed E-state index contributed by atoms with van der Waals surface area (Å²) in [6.45, 7) is 8.61. The van der Waals surface area contributed by atoms with Crippen molar-refractivity contribution in [2.75, 3.05) is 17.6 Å². The molecule has 162 valence electrons. The van der Waals surface area contributed by atoms with Gasteiger partial charge in [-0.05, 0) is 31.6 Å². The first-order valence-corrected chi connectivity index (χ1v) is 10.3. The van der Waals surface area contributed by atoms with Gasteiger partial charge in [0.1, 0.15) is 23.8 Å². The molecule has 2 heterocycles. The highest BCUT2D eigenvalue weighted by Crippen LogP contribution is 2.35. The summed E-state index contributed by atoms with van der Waals surface area (Å²) in [6.07, 6.45) is 3.32. The second-order valence-electron chi connectivity index (χ2n) is 7.83. The van der Waals surface area contributed by atoms with Crippen molar-refractivity contribution in [2.24, 2.45) is 0 Å². The minimum Gasteiger partial charge on any atom is -0.383 e. The Hall–Kier alpha value is -4.00. The Bertz CT molecular complexity index is 1220. The number of halogens is 1. The molecule has 0 fully saturated rings. The zero-order valence-corrected chi connectivity index (χ0v) is 18.1. The molecule has 4 rings (SSSR count). The van der Waals surface area contributed by atoms with Gasteiger partial charge in [0.05, 0.1) is 17.8 Å². The third-order valence-electron chi connectivity index (χ3n) is 5.40. The molecule has 32 heavy (non-hydrogen) atoms. The molecule has 0 amide bonds. The molecule has 1 aliphatic heterocycles. The number of hydrogen-bond acceptors (Lipinski definition) is 6. The third kappa shape index (κ3) is 3.85. The molecule has 0 aliphatic carbocycles. The van der Waals surface area contributed by atoms with Crippen LogP contribution < -0.4 is 11.1 Å². The number of nitrogens with one attached hydrogen (secondary N) is 2. The van der Waals surface area contributed by atoms with Gasteiger partial charge in [0.2, 0.25) is 0 Å². The molecule has 6 nitrogen and oxygen atoms in total. The normalized spacial score (nSPS) is 13.1. The zero-order valence-electron chi connectivity index (χ0n) is 18.1. The minimum atomic E-state index is -0.288. The third-order valence-corrected chi connectivity index (χ3v) is 5.40. The lowest BCUT2D eigenvalue weighted by atomic mass is 9.96. The highest BCUT2D eigenvalue weighted by Gasteiger charge is 2.27. The number of anilines is 2. The van der Waals surface area contributed by atoms with Gasteiger partial charge >= 0.3 is 0 Å². The van der Waals surface area contributed by atoms with Gasteiger partial charge < -0.3 is 16.0 Å². The lowest BCUT2D eigenvalue weighted by molar-refractivity contribution is 0.400. The van der Waals surface area contributed by atoms with E-state index >= 15 is 0 Å². The molecular weight excluding hydrogens is 403 g/mol. The van der Waals surface area contributed by atoms with E-state index in [0.717, 1.165) is 16.8 Å². The van der Waals surface area contributed by atoms with Crippen LogP contribution >= 0.6 is 0 Å². The number of nitrogens with zero attached hydrogens (tertiary/aromatic N) is 3. The molecular formula is C25H25FN6. The summed E-state index contributed by atoms with van der Waals surface area (Å²) in [5, 5.41) is 12.0. The number of nitrogen functional groups attached to an aromatic ring is 1. The van der Waals surface area contributed by atoms with Crippen molar-refractivity contribution in [1.29, 1.82) is 5.41 Å². The number of nitrogens with two attached hydrogens (primary N) is 1. The van der Waals surface area contributed by atoms with E-state index in [9.17, 15) is 4.39 Å². The Kier molecular flexibility index (Phi) is 5.73. The second kappa shape index (κ2) is 8.63. The minimum absolute atomic E-state index is 0.0702. The van der Waals surface area contributed by atoms with E-state index in [1.165, 1.54) is 12.4 Å². The number of fused-ring (bicyclic) bond motifs is 1. The van der Waals surface area contributed by atoms with Gasteiger partial charge in [-0.2, -0.15) is 0 Å². The molecule has 0 radical (unpaired) electrons. The molecule has 0 spiro atoms. The van der Waals surface area contributed by atoms with Crippen molar-refractivity contribution in [2.45, 2.75) is 19.9 Å². The largest absolute Gasteiger partial charge is 0.383 e. The Morgan fingerprint density at radius 3 is 2.62 bits per heavy atom. The van der Waals surface area contributed by atoms with Gasteiger partial charge in [0.15, 0.2) is 0 Å². The van der Waals surface area contributed by atoms with Crippen molar-refractivity contribution in [3.63, 3.8) is 0 Å². The first-order valence-electron chi connectivity index (χ1n) is 10.3. The van der Waals surface area contributed by atoms with Gasteiger partial charge in [-0.25, -0.2) is 14.4 Å². The number of rotatable bonds is 6. The molecule has 0 atom stereocenters. The highest BCUT2D eigenvalue weighted by molar-refractivity contribution is 6.16. The molecule has 3 aromatic rings. The molecule has 0 saturated heterocycles. The topological polar surface area (TPSA) is 90.9 Å². The lowest BCUT2D eigenvalue weighted by Crippen LogP contribution is -2.34. The van der Waals surface area contributed by atoms with Crippen molar-refractivity contribution in [3.8, 4) is 0 Å². The predicted molar refractivity (Wildman–Crippen MR) is 128 cm³/mol. The quantitative estimate of drug-likeness (QED) is 0.493. The molecule has 1 aromatic heterocycles. The van der Waals surface area contributed by atoms with Gasteiger partial charge in [-0.1, -0.05) is 49.0 Å². The van der Waals surface area contributed by atoms with Crippen LogP contribution in [0.25, 0.3) is 11.8 Å². The van der Waals surface area contributed by atoms with E-state index in [0.29, 0.717) is 29.2 Å². The maximum absolute atomic E-state index is 14.5. The van der Waals surface area contributed by atoms with Crippen LogP contribution in [0.4, 0.5) is 16.0 Å². The summed E-state index contributed by atoms with van der Waals surface area (Å²) in [7, 11) is 0. The summed E-state index contributed by atoms with van der Waals surface area (Å²) in [5.41, 5.74) is 10.4. The molecule has 1 aliphatic rings. The van der Waals surface area contributed by atoms with Crippen molar-refractivity contribution < 1.29 is 4.39 Å². The first kappa shape index (κ1) is 21.2. The van der Waals surface area contributed by atoms with Crippen LogP contribution in [0.15, 0.2) is 67.1 Å². The molecule has 0 bridgehead atoms. The smallest absolute Gasteiger partial charge is 0.141 e. The SMILES string of the molecule is C=C1c2c(F)cccc2C=C(CNc2ncnc(N)c2C(=N)c2ccccc2)N1C(C)C. The van der Waals surface area contributed by atoms with Crippen LogP contribution in [-0.2, 0) is 0 Å². The van der Waals surface area contributed by atoms with Crippen LogP contribution in [0, 0.1) is 11.2 Å². The fourth-order valence-corrected chi connectivity index (χ4v) is 3.99. The summed E-state index contributed by atoms with van der Waals surface area (Å²) in [6, 6.07) is 14.4. The van der Waals surface area contributed by atoms with Crippen LogP contribution in [-0.4, -0.2) is 33.2 Å². The summed E-state index contributed by atoms with van der Waals surface area (Å²) >= 11 is 0. The monoisotopic (exact) mass is 428 g/mol. The lowest BCUT2D eigenvalue weighted by Gasteiger charge is -2.37. The van der Waals surface area contributed by atoms with Gasteiger partial charge in [0, 0.05) is 28.6 Å². The van der Waals surface area contributed by atoms with Crippen molar-refractivity contribution in [3.05, 3.63) is 95.2 Å². The maximum atomic E-state index is 14.5. The molecule has 4 N–H and O–H groups in total.